The molecule has 0 fully saturated rings. The van der Waals surface area contributed by atoms with Crippen LogP contribution >= 0.6 is 11.6 Å². The Labute approximate surface area is 207 Å². The third kappa shape index (κ3) is 4.86. The number of hydrogen-bond acceptors (Lipinski definition) is 4. The molecule has 11 heteroatoms. The van der Waals surface area contributed by atoms with Crippen LogP contribution in [-0.2, 0) is 21.4 Å². The molecule has 0 aromatic heterocycles. The Kier molecular flexibility index (Phi) is 7.59. The summed E-state index contributed by atoms with van der Waals surface area (Å²) in [6, 6.07) is 10.9. The van der Waals surface area contributed by atoms with Gasteiger partial charge in [0.2, 0.25) is 0 Å². The highest BCUT2D eigenvalue weighted by Crippen LogP contribution is 2.50. The molecule has 1 aliphatic rings. The second-order valence-electron chi connectivity index (χ2n) is 7.56. The summed E-state index contributed by atoms with van der Waals surface area (Å²) in [4.78, 5) is 17.0. The maximum atomic E-state index is 14.3. The number of methoxy groups -OCH3 is 1. The van der Waals surface area contributed by atoms with E-state index in [4.69, 9.17) is 21.2 Å². The van der Waals surface area contributed by atoms with Crippen molar-refractivity contribution in [2.75, 3.05) is 7.11 Å². The Morgan fingerprint density at radius 2 is 1.64 bits per heavy atom. The molecule has 1 aliphatic heterocycles. The second kappa shape index (κ2) is 10.0. The van der Waals surface area contributed by atoms with Crippen LogP contribution in [0, 0.1) is 0 Å². The summed E-state index contributed by atoms with van der Waals surface area (Å²) in [6.45, 7) is 4.00. The van der Waals surface area contributed by atoms with Gasteiger partial charge in [0.15, 0.2) is 0 Å². The highest BCUT2D eigenvalue weighted by Gasteiger charge is 2.62. The molecule has 0 saturated carbocycles. The third-order valence-electron chi connectivity index (χ3n) is 5.52. The number of alkyl halides is 6. The van der Waals surface area contributed by atoms with Crippen LogP contribution in [0.15, 0.2) is 59.8 Å². The van der Waals surface area contributed by atoms with Crippen molar-refractivity contribution in [1.29, 1.82) is 0 Å². The van der Waals surface area contributed by atoms with E-state index >= 15 is 0 Å². The lowest BCUT2D eigenvalue weighted by atomic mass is 9.84. The zero-order chi connectivity index (χ0) is 26.9. The topological polar surface area (TPSA) is 47.9 Å². The van der Waals surface area contributed by atoms with E-state index in [0.717, 1.165) is 6.07 Å². The van der Waals surface area contributed by atoms with E-state index in [0.29, 0.717) is 22.9 Å². The maximum Gasteiger partial charge on any atom is 0.435 e. The zero-order valence-corrected chi connectivity index (χ0v) is 20.0. The van der Waals surface area contributed by atoms with Crippen molar-refractivity contribution in [2.24, 2.45) is 5.16 Å². The molecule has 36 heavy (non-hydrogen) atoms. The summed E-state index contributed by atoms with van der Waals surface area (Å²) >= 11 is 5.73. The fraction of sp³-hybridized carbons (Fsp3) is 0.280. The lowest BCUT2D eigenvalue weighted by Crippen LogP contribution is -2.43. The van der Waals surface area contributed by atoms with E-state index in [1.54, 1.807) is 24.3 Å². The predicted octanol–water partition coefficient (Wildman–Crippen LogP) is 7.91. The molecule has 4 rings (SSSR count). The average molecular weight is 532 g/mol. The van der Waals surface area contributed by atoms with Crippen LogP contribution in [-0.4, -0.2) is 25.0 Å². The number of oxime groups is 1. The van der Waals surface area contributed by atoms with Crippen molar-refractivity contribution >= 4 is 34.1 Å². The van der Waals surface area contributed by atoms with E-state index in [-0.39, 0.29) is 16.8 Å². The van der Waals surface area contributed by atoms with E-state index < -0.39 is 46.5 Å². The normalized spacial score (nSPS) is 17.7. The molecule has 192 valence electrons. The SMILES string of the molecule is CC.COC(=O)c1ccc(C2=NOC(c3cc(Cl)cc(C(F)(F)F)c3)(C(F)(F)F)C2)c2ccccc12. The van der Waals surface area contributed by atoms with Gasteiger partial charge in [0, 0.05) is 22.6 Å². The molecule has 1 atom stereocenters. The number of halogens is 7. The minimum atomic E-state index is -5.13. The summed E-state index contributed by atoms with van der Waals surface area (Å²) in [7, 11) is 1.19. The molecule has 0 spiro atoms. The molecule has 3 aromatic rings. The molecule has 3 aromatic carbocycles. The fourth-order valence-electron chi connectivity index (χ4n) is 3.87. The summed E-state index contributed by atoms with van der Waals surface area (Å²) in [5.74, 6) is -0.643. The quantitative estimate of drug-likeness (QED) is 0.255. The van der Waals surface area contributed by atoms with Crippen LogP contribution in [0.3, 0.4) is 0 Å². The Bertz CT molecular complexity index is 1320. The molecule has 1 heterocycles. The first-order valence-electron chi connectivity index (χ1n) is 10.7. The van der Waals surface area contributed by atoms with Crippen LogP contribution in [0.25, 0.3) is 10.8 Å². The zero-order valence-electron chi connectivity index (χ0n) is 19.2. The summed E-state index contributed by atoms with van der Waals surface area (Å²) in [6.07, 6.45) is -11.0. The first-order chi connectivity index (χ1) is 16.9. The van der Waals surface area contributed by atoms with Gasteiger partial charge in [0.05, 0.1) is 23.9 Å². The van der Waals surface area contributed by atoms with Gasteiger partial charge in [-0.3, -0.25) is 0 Å². The van der Waals surface area contributed by atoms with Crippen LogP contribution in [0.1, 0.15) is 47.3 Å². The molecular weight excluding hydrogens is 512 g/mol. The molecule has 0 radical (unpaired) electrons. The van der Waals surface area contributed by atoms with Gasteiger partial charge in [-0.1, -0.05) is 60.9 Å². The number of esters is 1. The van der Waals surface area contributed by atoms with Crippen molar-refractivity contribution in [3.63, 3.8) is 0 Å². The fourth-order valence-corrected chi connectivity index (χ4v) is 4.11. The van der Waals surface area contributed by atoms with Crippen LogP contribution < -0.4 is 0 Å². The van der Waals surface area contributed by atoms with Crippen LogP contribution in [0.2, 0.25) is 5.02 Å². The Hall–Kier alpha value is -3.27. The van der Waals surface area contributed by atoms with E-state index in [9.17, 15) is 31.1 Å². The summed E-state index contributed by atoms with van der Waals surface area (Å²) in [5.41, 5.74) is -5.09. The number of ether oxygens (including phenoxy) is 1. The first kappa shape index (κ1) is 27.3. The predicted molar refractivity (Wildman–Crippen MR) is 123 cm³/mol. The van der Waals surface area contributed by atoms with Crippen molar-refractivity contribution in [3.8, 4) is 0 Å². The lowest BCUT2D eigenvalue weighted by Gasteiger charge is -2.30. The molecule has 0 aliphatic carbocycles. The van der Waals surface area contributed by atoms with Gasteiger partial charge in [-0.25, -0.2) is 4.79 Å². The standard InChI is InChI=1S/C23H14ClF6NO3.C2H6/c1-33-20(32)18-7-6-17(15-4-2-3-5-16(15)18)19-11-21(34-31-19,23(28,29)30)12-8-13(22(25,26)27)10-14(24)9-12;1-2/h2-10H,11H2,1H3;1-2H3. The van der Waals surface area contributed by atoms with E-state index in [1.165, 1.54) is 19.2 Å². The Morgan fingerprint density at radius 3 is 2.22 bits per heavy atom. The molecule has 1 unspecified atom stereocenters. The van der Waals surface area contributed by atoms with Gasteiger partial charge >= 0.3 is 18.3 Å². The molecule has 0 bridgehead atoms. The van der Waals surface area contributed by atoms with Crippen molar-refractivity contribution in [1.82, 2.24) is 0 Å². The summed E-state index contributed by atoms with van der Waals surface area (Å²) in [5, 5.41) is 3.90. The molecular formula is C25H20ClF6NO3. The number of benzene rings is 3. The number of carbonyl (C=O) groups excluding carboxylic acids is 1. The average Bonchev–Trinajstić information content (AvgIpc) is 3.30. The minimum Gasteiger partial charge on any atom is -0.465 e. The summed E-state index contributed by atoms with van der Waals surface area (Å²) < 4.78 is 87.4. The largest absolute Gasteiger partial charge is 0.465 e. The van der Waals surface area contributed by atoms with Gasteiger partial charge in [0.1, 0.15) is 0 Å². The van der Waals surface area contributed by atoms with Gasteiger partial charge in [-0.15, -0.1) is 0 Å². The van der Waals surface area contributed by atoms with Crippen molar-refractivity contribution in [3.05, 3.63) is 81.9 Å². The minimum absolute atomic E-state index is 0.154. The first-order valence-corrected chi connectivity index (χ1v) is 11.1. The second-order valence-corrected chi connectivity index (χ2v) is 7.99. The molecule has 0 saturated heterocycles. The van der Waals surface area contributed by atoms with Crippen molar-refractivity contribution in [2.45, 2.75) is 38.2 Å². The van der Waals surface area contributed by atoms with Gasteiger partial charge in [-0.2, -0.15) is 26.3 Å². The van der Waals surface area contributed by atoms with Crippen LogP contribution in [0.5, 0.6) is 0 Å². The highest BCUT2D eigenvalue weighted by molar-refractivity contribution is 6.30. The van der Waals surface area contributed by atoms with E-state index in [2.05, 4.69) is 5.16 Å². The number of hydrogen-bond donors (Lipinski definition) is 0. The third-order valence-corrected chi connectivity index (χ3v) is 5.74. The molecule has 0 N–H and O–H groups in total. The van der Waals surface area contributed by atoms with E-state index in [1.807, 2.05) is 13.8 Å². The monoisotopic (exact) mass is 531 g/mol. The number of nitrogens with zero attached hydrogens (tertiary/aromatic N) is 1. The van der Waals surface area contributed by atoms with Gasteiger partial charge in [0.25, 0.3) is 5.60 Å². The molecule has 0 amide bonds. The smallest absolute Gasteiger partial charge is 0.435 e. The number of rotatable bonds is 3. The Morgan fingerprint density at radius 1 is 1.00 bits per heavy atom. The van der Waals surface area contributed by atoms with Gasteiger partial charge < -0.3 is 9.57 Å². The lowest BCUT2D eigenvalue weighted by molar-refractivity contribution is -0.276. The maximum absolute atomic E-state index is 14.3. The molecule has 4 nitrogen and oxygen atoms in total. The van der Waals surface area contributed by atoms with Crippen molar-refractivity contribution < 1.29 is 40.7 Å². The van der Waals surface area contributed by atoms with Crippen LogP contribution in [0.4, 0.5) is 26.3 Å². The highest BCUT2D eigenvalue weighted by atomic mass is 35.5. The number of carbonyl (C=O) groups is 1. The Balaban J connectivity index is 0.00000176. The van der Waals surface area contributed by atoms with Gasteiger partial charge in [-0.05, 0) is 35.0 Å². The number of fused-ring (bicyclic) bond motifs is 1.